The minimum Gasteiger partial charge on any atom is -0.488 e. The molecule has 0 aliphatic heterocycles. The molecule has 84 valence electrons. The molecule has 6 heteroatoms. The molecule has 2 rings (SSSR count). The van der Waals surface area contributed by atoms with Crippen LogP contribution in [0.2, 0.25) is 0 Å². The zero-order chi connectivity index (χ0) is 11.8. The highest BCUT2D eigenvalue weighted by atomic mass is 19.4. The van der Waals surface area contributed by atoms with Crippen molar-refractivity contribution in [3.63, 3.8) is 0 Å². The van der Waals surface area contributed by atoms with Gasteiger partial charge in [-0.2, -0.15) is 18.4 Å². The van der Waals surface area contributed by atoms with Crippen LogP contribution in [-0.2, 0) is 6.18 Å². The molecule has 1 fully saturated rings. The van der Waals surface area contributed by atoms with Gasteiger partial charge in [0.25, 0.3) is 0 Å². The standard InChI is InChI=1S/C10H7F3N2O/c11-10(12,13)9-8(16-7-2-3-7)4-1-6(5-14)15-9/h1,4,7H,2-3H2. The number of nitriles is 1. The fraction of sp³-hybridized carbons (Fsp3) is 0.400. The molecule has 0 saturated heterocycles. The lowest BCUT2D eigenvalue weighted by Crippen LogP contribution is -2.12. The number of ether oxygens (including phenoxy) is 1. The molecule has 1 saturated carbocycles. The van der Waals surface area contributed by atoms with E-state index in [4.69, 9.17) is 10.00 Å². The van der Waals surface area contributed by atoms with Gasteiger partial charge in [-0.05, 0) is 25.0 Å². The van der Waals surface area contributed by atoms with E-state index in [2.05, 4.69) is 4.98 Å². The molecule has 1 aliphatic rings. The van der Waals surface area contributed by atoms with E-state index in [1.807, 2.05) is 0 Å². The predicted molar refractivity (Wildman–Crippen MR) is 47.6 cm³/mol. The van der Waals surface area contributed by atoms with Crippen LogP contribution in [0, 0.1) is 11.3 Å². The Morgan fingerprint density at radius 3 is 2.56 bits per heavy atom. The molecule has 0 radical (unpaired) electrons. The SMILES string of the molecule is N#Cc1ccc(OC2CC2)c(C(F)(F)F)n1. The van der Waals surface area contributed by atoms with Crippen LogP contribution >= 0.6 is 0 Å². The van der Waals surface area contributed by atoms with Crippen molar-refractivity contribution >= 4 is 0 Å². The summed E-state index contributed by atoms with van der Waals surface area (Å²) in [6, 6.07) is 3.93. The lowest BCUT2D eigenvalue weighted by Gasteiger charge is -2.12. The average Bonchev–Trinajstić information content (AvgIpc) is 3.01. The summed E-state index contributed by atoms with van der Waals surface area (Å²) in [6.07, 6.45) is -3.22. The Morgan fingerprint density at radius 2 is 2.06 bits per heavy atom. The maximum absolute atomic E-state index is 12.6. The molecule has 3 nitrogen and oxygen atoms in total. The fourth-order valence-electron chi connectivity index (χ4n) is 1.17. The summed E-state index contributed by atoms with van der Waals surface area (Å²) in [5.41, 5.74) is -1.39. The van der Waals surface area contributed by atoms with Crippen molar-refractivity contribution in [3.8, 4) is 11.8 Å². The lowest BCUT2D eigenvalue weighted by atomic mass is 10.2. The van der Waals surface area contributed by atoms with E-state index < -0.39 is 11.9 Å². The number of aromatic nitrogens is 1. The van der Waals surface area contributed by atoms with E-state index in [0.29, 0.717) is 0 Å². The van der Waals surface area contributed by atoms with Gasteiger partial charge in [0.15, 0.2) is 11.4 Å². The number of halogens is 3. The van der Waals surface area contributed by atoms with E-state index in [-0.39, 0.29) is 17.5 Å². The molecule has 1 heterocycles. The Morgan fingerprint density at radius 1 is 1.38 bits per heavy atom. The summed E-state index contributed by atoms with van der Waals surface area (Å²) in [4.78, 5) is 3.23. The highest BCUT2D eigenvalue weighted by Gasteiger charge is 2.38. The quantitative estimate of drug-likeness (QED) is 0.781. The molecular weight excluding hydrogens is 221 g/mol. The Bertz CT molecular complexity index is 446. The van der Waals surface area contributed by atoms with Crippen LogP contribution in [0.25, 0.3) is 0 Å². The first kappa shape index (κ1) is 10.7. The average molecular weight is 228 g/mol. The lowest BCUT2D eigenvalue weighted by molar-refractivity contribution is -0.142. The molecule has 0 atom stereocenters. The number of alkyl halides is 3. The summed E-state index contributed by atoms with van der Waals surface area (Å²) in [5.74, 6) is -0.297. The van der Waals surface area contributed by atoms with Crippen LogP contribution in [0.15, 0.2) is 12.1 Å². The van der Waals surface area contributed by atoms with Crippen molar-refractivity contribution in [1.82, 2.24) is 4.98 Å². The van der Waals surface area contributed by atoms with Gasteiger partial charge in [0.2, 0.25) is 0 Å². The minimum atomic E-state index is -4.60. The first-order valence-corrected chi connectivity index (χ1v) is 4.65. The second-order valence-corrected chi connectivity index (χ2v) is 3.47. The molecule has 0 aromatic carbocycles. The van der Waals surface area contributed by atoms with Crippen molar-refractivity contribution in [1.29, 1.82) is 5.26 Å². The minimum absolute atomic E-state index is 0.143. The summed E-state index contributed by atoms with van der Waals surface area (Å²) in [6.45, 7) is 0. The number of pyridine rings is 1. The third kappa shape index (κ3) is 2.24. The summed E-state index contributed by atoms with van der Waals surface area (Å²) in [5, 5.41) is 8.49. The Labute approximate surface area is 89.5 Å². The van der Waals surface area contributed by atoms with Gasteiger partial charge >= 0.3 is 6.18 Å². The van der Waals surface area contributed by atoms with Gasteiger partial charge < -0.3 is 4.74 Å². The molecule has 0 unspecified atom stereocenters. The van der Waals surface area contributed by atoms with Crippen molar-refractivity contribution in [2.24, 2.45) is 0 Å². The summed E-state index contributed by atoms with van der Waals surface area (Å²) in [7, 11) is 0. The zero-order valence-corrected chi connectivity index (χ0v) is 8.08. The predicted octanol–water partition coefficient (Wildman–Crippen LogP) is 2.51. The highest BCUT2D eigenvalue weighted by Crippen LogP contribution is 2.37. The first-order valence-electron chi connectivity index (χ1n) is 4.65. The second-order valence-electron chi connectivity index (χ2n) is 3.47. The Hall–Kier alpha value is -1.77. The maximum Gasteiger partial charge on any atom is 0.437 e. The third-order valence-corrected chi connectivity index (χ3v) is 2.06. The number of hydrogen-bond donors (Lipinski definition) is 0. The van der Waals surface area contributed by atoms with E-state index in [1.165, 1.54) is 6.07 Å². The molecule has 0 spiro atoms. The second kappa shape index (κ2) is 3.67. The van der Waals surface area contributed by atoms with Crippen molar-refractivity contribution < 1.29 is 17.9 Å². The van der Waals surface area contributed by atoms with E-state index in [1.54, 1.807) is 6.07 Å². The summed E-state index contributed by atoms with van der Waals surface area (Å²) >= 11 is 0. The highest BCUT2D eigenvalue weighted by molar-refractivity contribution is 5.35. The van der Waals surface area contributed by atoms with Crippen LogP contribution in [0.1, 0.15) is 24.2 Å². The van der Waals surface area contributed by atoms with E-state index >= 15 is 0 Å². The Balaban J connectivity index is 2.38. The topological polar surface area (TPSA) is 45.9 Å². The Kier molecular flexibility index (Phi) is 2.46. The van der Waals surface area contributed by atoms with Crippen molar-refractivity contribution in [2.75, 3.05) is 0 Å². The van der Waals surface area contributed by atoms with Crippen LogP contribution in [0.3, 0.4) is 0 Å². The fourth-order valence-corrected chi connectivity index (χ4v) is 1.17. The molecular formula is C10H7F3N2O. The third-order valence-electron chi connectivity index (χ3n) is 2.06. The molecule has 1 aromatic heterocycles. The molecule has 1 aliphatic carbocycles. The van der Waals surface area contributed by atoms with Gasteiger partial charge in [-0.25, -0.2) is 4.98 Å². The first-order chi connectivity index (χ1) is 7.50. The molecule has 16 heavy (non-hydrogen) atoms. The largest absolute Gasteiger partial charge is 0.488 e. The zero-order valence-electron chi connectivity index (χ0n) is 8.08. The van der Waals surface area contributed by atoms with Crippen LogP contribution < -0.4 is 4.74 Å². The molecule has 1 aromatic rings. The van der Waals surface area contributed by atoms with Crippen LogP contribution in [0.4, 0.5) is 13.2 Å². The monoisotopic (exact) mass is 228 g/mol. The van der Waals surface area contributed by atoms with Crippen molar-refractivity contribution in [2.45, 2.75) is 25.1 Å². The van der Waals surface area contributed by atoms with Crippen molar-refractivity contribution in [3.05, 3.63) is 23.5 Å². The van der Waals surface area contributed by atoms with Gasteiger partial charge in [0, 0.05) is 0 Å². The molecule has 0 amide bonds. The smallest absolute Gasteiger partial charge is 0.437 e. The normalized spacial score (nSPS) is 15.6. The van der Waals surface area contributed by atoms with Gasteiger partial charge in [-0.1, -0.05) is 0 Å². The van der Waals surface area contributed by atoms with Gasteiger partial charge in [0.05, 0.1) is 6.10 Å². The summed E-state index contributed by atoms with van der Waals surface area (Å²) < 4.78 is 42.8. The number of hydrogen-bond acceptors (Lipinski definition) is 3. The van der Waals surface area contributed by atoms with Gasteiger partial charge in [-0.3, -0.25) is 0 Å². The number of rotatable bonds is 2. The molecule has 0 bridgehead atoms. The van der Waals surface area contributed by atoms with Crippen LogP contribution in [-0.4, -0.2) is 11.1 Å². The molecule has 0 N–H and O–H groups in total. The maximum atomic E-state index is 12.6. The number of nitrogens with zero attached hydrogens (tertiary/aromatic N) is 2. The van der Waals surface area contributed by atoms with E-state index in [9.17, 15) is 13.2 Å². The van der Waals surface area contributed by atoms with Gasteiger partial charge in [0.1, 0.15) is 11.8 Å². The van der Waals surface area contributed by atoms with E-state index in [0.717, 1.165) is 18.9 Å². The van der Waals surface area contributed by atoms with Crippen LogP contribution in [0.5, 0.6) is 5.75 Å². The van der Waals surface area contributed by atoms with Gasteiger partial charge in [-0.15, -0.1) is 0 Å².